The van der Waals surface area contributed by atoms with Crippen LogP contribution in [0, 0.1) is 0 Å². The van der Waals surface area contributed by atoms with Crippen molar-refractivity contribution in [3.05, 3.63) is 78.5 Å². The molecule has 0 saturated heterocycles. The van der Waals surface area contributed by atoms with Crippen LogP contribution in [0.15, 0.2) is 57.5 Å². The summed E-state index contributed by atoms with van der Waals surface area (Å²) in [5.74, 6) is -0.546. The Balaban J connectivity index is 1.92. The summed E-state index contributed by atoms with van der Waals surface area (Å²) in [6.45, 7) is 8.17. The van der Waals surface area contributed by atoms with Gasteiger partial charge in [0.15, 0.2) is 27.8 Å². The Hall–Kier alpha value is -4.71. The van der Waals surface area contributed by atoms with Crippen molar-refractivity contribution in [2.24, 2.45) is 4.99 Å². The lowest BCUT2D eigenvalue weighted by Gasteiger charge is -2.25. The molecule has 220 valence electrons. The molecular weight excluding hydrogens is 564 g/mol. The molecule has 0 bridgehead atoms. The van der Waals surface area contributed by atoms with Crippen LogP contribution < -0.4 is 33.8 Å². The van der Waals surface area contributed by atoms with E-state index < -0.39 is 23.9 Å². The van der Waals surface area contributed by atoms with Crippen LogP contribution in [0.25, 0.3) is 6.08 Å². The van der Waals surface area contributed by atoms with Crippen LogP contribution in [-0.4, -0.2) is 42.8 Å². The standard InChI is InChI=1S/C30H30N2O9S/c1-7-38-24-15-20(10-12-22(24)41-18(5)34)27-26(29(36)39-8-2)16(3)31-30-32(27)28(35)25(42-30)14-19-9-11-21(40-17(4)33)23(13-19)37-6/h9-15,27H,7-8H2,1-6H3/b25-14+/t27-/m0/s1. The maximum absolute atomic E-state index is 13.9. The molecular formula is C30H30N2O9S. The fraction of sp³-hybridized carbons (Fsp3) is 0.300. The number of rotatable bonds is 9. The van der Waals surface area contributed by atoms with Gasteiger partial charge in [-0.15, -0.1) is 0 Å². The first-order valence-electron chi connectivity index (χ1n) is 13.1. The van der Waals surface area contributed by atoms with E-state index in [4.69, 9.17) is 23.7 Å². The molecule has 1 aromatic heterocycles. The van der Waals surface area contributed by atoms with Crippen LogP contribution in [0.4, 0.5) is 0 Å². The summed E-state index contributed by atoms with van der Waals surface area (Å²) >= 11 is 1.16. The van der Waals surface area contributed by atoms with Gasteiger partial charge in [-0.2, -0.15) is 0 Å². The minimum absolute atomic E-state index is 0.132. The average Bonchev–Trinajstić information content (AvgIpc) is 3.23. The molecule has 0 fully saturated rings. The van der Waals surface area contributed by atoms with Crippen LogP contribution >= 0.6 is 11.3 Å². The number of esters is 3. The van der Waals surface area contributed by atoms with Gasteiger partial charge in [0.1, 0.15) is 0 Å². The highest BCUT2D eigenvalue weighted by molar-refractivity contribution is 7.07. The predicted octanol–water partition coefficient (Wildman–Crippen LogP) is 3.06. The lowest BCUT2D eigenvalue weighted by atomic mass is 9.95. The molecule has 12 heteroatoms. The summed E-state index contributed by atoms with van der Waals surface area (Å²) in [6, 6.07) is 8.88. The van der Waals surface area contributed by atoms with E-state index in [1.165, 1.54) is 25.5 Å². The quantitative estimate of drug-likeness (QED) is 0.271. The van der Waals surface area contributed by atoms with Crippen LogP contribution in [0.1, 0.15) is 51.8 Å². The van der Waals surface area contributed by atoms with Crippen LogP contribution in [0.2, 0.25) is 0 Å². The monoisotopic (exact) mass is 594 g/mol. The summed E-state index contributed by atoms with van der Waals surface area (Å²) in [6.07, 6.45) is 1.67. The molecule has 2 aromatic carbocycles. The lowest BCUT2D eigenvalue weighted by Crippen LogP contribution is -2.40. The second-order valence-corrected chi connectivity index (χ2v) is 10.0. The van der Waals surface area contributed by atoms with Gasteiger partial charge in [-0.25, -0.2) is 9.79 Å². The number of carbonyl (C=O) groups excluding carboxylic acids is 3. The Bertz CT molecular complexity index is 1770. The first-order chi connectivity index (χ1) is 20.1. The highest BCUT2D eigenvalue weighted by Crippen LogP contribution is 2.36. The van der Waals surface area contributed by atoms with Gasteiger partial charge in [0, 0.05) is 13.8 Å². The van der Waals surface area contributed by atoms with Crippen molar-refractivity contribution in [2.75, 3.05) is 20.3 Å². The second-order valence-electron chi connectivity index (χ2n) is 9.04. The molecule has 1 aliphatic heterocycles. The summed E-state index contributed by atoms with van der Waals surface area (Å²) in [4.78, 5) is 55.2. The molecule has 0 radical (unpaired) electrons. The number of thiazole rings is 1. The Labute approximate surface area is 245 Å². The Morgan fingerprint density at radius 1 is 0.952 bits per heavy atom. The van der Waals surface area contributed by atoms with E-state index in [1.807, 2.05) is 0 Å². The lowest BCUT2D eigenvalue weighted by molar-refractivity contribution is -0.139. The van der Waals surface area contributed by atoms with E-state index in [9.17, 15) is 19.2 Å². The Morgan fingerprint density at radius 3 is 2.24 bits per heavy atom. The Morgan fingerprint density at radius 2 is 1.62 bits per heavy atom. The molecule has 0 saturated carbocycles. The first-order valence-corrected chi connectivity index (χ1v) is 13.9. The van der Waals surface area contributed by atoms with Gasteiger partial charge in [0.2, 0.25) is 0 Å². The molecule has 0 aliphatic carbocycles. The number of aromatic nitrogens is 1. The van der Waals surface area contributed by atoms with E-state index in [-0.39, 0.29) is 35.0 Å². The predicted molar refractivity (Wildman–Crippen MR) is 154 cm³/mol. The zero-order valence-electron chi connectivity index (χ0n) is 24.0. The van der Waals surface area contributed by atoms with Gasteiger partial charge in [-0.05, 0) is 62.2 Å². The Kier molecular flexibility index (Phi) is 9.26. The van der Waals surface area contributed by atoms with E-state index in [0.717, 1.165) is 11.3 Å². The van der Waals surface area contributed by atoms with Crippen molar-refractivity contribution in [1.29, 1.82) is 0 Å². The fourth-order valence-electron chi connectivity index (χ4n) is 4.47. The smallest absolute Gasteiger partial charge is 0.338 e. The van der Waals surface area contributed by atoms with Crippen molar-refractivity contribution in [3.63, 3.8) is 0 Å². The molecule has 1 atom stereocenters. The number of carbonyl (C=O) groups is 3. The average molecular weight is 595 g/mol. The minimum atomic E-state index is -0.895. The molecule has 0 N–H and O–H groups in total. The summed E-state index contributed by atoms with van der Waals surface area (Å²) in [5.41, 5.74) is 1.37. The maximum atomic E-state index is 13.9. The number of nitrogens with zero attached hydrogens (tertiary/aromatic N) is 2. The van der Waals surface area contributed by atoms with Gasteiger partial charge in [-0.1, -0.05) is 23.5 Å². The van der Waals surface area contributed by atoms with Crippen molar-refractivity contribution in [3.8, 4) is 23.0 Å². The number of methoxy groups -OCH3 is 1. The number of benzene rings is 2. The van der Waals surface area contributed by atoms with Crippen LogP contribution in [-0.2, 0) is 19.1 Å². The van der Waals surface area contributed by atoms with E-state index in [2.05, 4.69) is 4.99 Å². The molecule has 0 spiro atoms. The number of fused-ring (bicyclic) bond motifs is 1. The SMILES string of the molecule is CCOC(=O)C1=C(C)N=c2s/c(=C/c3ccc(OC(C)=O)c(OC)c3)c(=O)n2[C@H]1c1ccc(OC(C)=O)c(OCC)c1. The van der Waals surface area contributed by atoms with Gasteiger partial charge in [0.25, 0.3) is 5.56 Å². The number of ether oxygens (including phenoxy) is 5. The molecule has 2 heterocycles. The molecule has 0 amide bonds. The normalized spacial score (nSPS) is 14.5. The van der Waals surface area contributed by atoms with E-state index in [1.54, 1.807) is 63.2 Å². The van der Waals surface area contributed by atoms with Crippen molar-refractivity contribution < 1.29 is 38.1 Å². The van der Waals surface area contributed by atoms with Crippen molar-refractivity contribution in [2.45, 2.75) is 40.7 Å². The summed E-state index contributed by atoms with van der Waals surface area (Å²) in [7, 11) is 1.45. The highest BCUT2D eigenvalue weighted by atomic mass is 32.1. The zero-order valence-corrected chi connectivity index (χ0v) is 24.8. The maximum Gasteiger partial charge on any atom is 0.338 e. The van der Waals surface area contributed by atoms with Crippen molar-refractivity contribution in [1.82, 2.24) is 4.57 Å². The molecule has 3 aromatic rings. The highest BCUT2D eigenvalue weighted by Gasteiger charge is 2.34. The third kappa shape index (κ3) is 6.28. The number of allylic oxidation sites excluding steroid dienone is 1. The summed E-state index contributed by atoms with van der Waals surface area (Å²) in [5, 5.41) is 0. The first kappa shape index (κ1) is 30.3. The largest absolute Gasteiger partial charge is 0.493 e. The molecule has 42 heavy (non-hydrogen) atoms. The van der Waals surface area contributed by atoms with Gasteiger partial charge in [0.05, 0.1) is 42.2 Å². The van der Waals surface area contributed by atoms with Gasteiger partial charge in [-0.3, -0.25) is 19.0 Å². The second kappa shape index (κ2) is 12.9. The summed E-state index contributed by atoms with van der Waals surface area (Å²) < 4.78 is 28.7. The zero-order chi connectivity index (χ0) is 30.6. The molecule has 11 nitrogen and oxygen atoms in total. The molecule has 0 unspecified atom stereocenters. The van der Waals surface area contributed by atoms with E-state index >= 15 is 0 Å². The molecule has 4 rings (SSSR count). The number of hydrogen-bond acceptors (Lipinski definition) is 11. The third-order valence-electron chi connectivity index (χ3n) is 6.09. The topological polar surface area (TPSA) is 132 Å². The minimum Gasteiger partial charge on any atom is -0.493 e. The van der Waals surface area contributed by atoms with E-state index in [0.29, 0.717) is 38.5 Å². The molecule has 1 aliphatic rings. The third-order valence-corrected chi connectivity index (χ3v) is 7.08. The van der Waals surface area contributed by atoms with Crippen molar-refractivity contribution >= 4 is 35.3 Å². The fourth-order valence-corrected chi connectivity index (χ4v) is 5.52. The number of hydrogen-bond donors (Lipinski definition) is 0. The van der Waals surface area contributed by atoms with Gasteiger partial charge >= 0.3 is 17.9 Å². The van der Waals surface area contributed by atoms with Crippen LogP contribution in [0.5, 0.6) is 23.0 Å². The van der Waals surface area contributed by atoms with Crippen LogP contribution in [0.3, 0.4) is 0 Å². The van der Waals surface area contributed by atoms with Gasteiger partial charge < -0.3 is 23.7 Å².